The number of nitrogens with zero attached hydrogens (tertiary/aromatic N) is 1. The number of carbonyl (C=O) groups is 2. The standard InChI is InChI=1S/C22H40N4O2/c1-22(2,3)25-19(27)14-26-9-7-15(8-10-26)13-24-21(28)18-11-16-5-4-6-17(12-18)20(16)23/h15-18,20H,4-14,23H2,1-3H3,(H,24,28)(H,25,27). The average molecular weight is 393 g/mol. The van der Waals surface area contributed by atoms with E-state index in [9.17, 15) is 9.59 Å². The number of nitrogens with one attached hydrogen (secondary N) is 2. The Bertz CT molecular complexity index is 537. The molecule has 2 unspecified atom stereocenters. The number of nitrogens with two attached hydrogens (primary N) is 1. The zero-order chi connectivity index (χ0) is 20.3. The first-order valence-electron chi connectivity index (χ1n) is 11.3. The van der Waals surface area contributed by atoms with Gasteiger partial charge in [0, 0.05) is 24.0 Å². The number of fused-ring (bicyclic) bond motifs is 2. The van der Waals surface area contributed by atoms with Gasteiger partial charge in [0.15, 0.2) is 0 Å². The van der Waals surface area contributed by atoms with Crippen molar-refractivity contribution < 1.29 is 9.59 Å². The van der Waals surface area contributed by atoms with Gasteiger partial charge in [0.05, 0.1) is 6.54 Å². The number of rotatable bonds is 5. The maximum atomic E-state index is 12.7. The molecule has 2 aliphatic carbocycles. The van der Waals surface area contributed by atoms with Gasteiger partial charge in [0.25, 0.3) is 0 Å². The van der Waals surface area contributed by atoms with Crippen molar-refractivity contribution in [1.82, 2.24) is 15.5 Å². The highest BCUT2D eigenvalue weighted by atomic mass is 16.2. The lowest BCUT2D eigenvalue weighted by Gasteiger charge is -2.43. The molecule has 4 N–H and O–H groups in total. The maximum Gasteiger partial charge on any atom is 0.234 e. The first-order valence-corrected chi connectivity index (χ1v) is 11.3. The van der Waals surface area contributed by atoms with Gasteiger partial charge < -0.3 is 16.4 Å². The molecule has 2 amide bonds. The lowest BCUT2D eigenvalue weighted by Crippen LogP contribution is -2.50. The van der Waals surface area contributed by atoms with Crippen LogP contribution in [-0.2, 0) is 9.59 Å². The molecule has 2 bridgehead atoms. The van der Waals surface area contributed by atoms with E-state index in [0.29, 0.717) is 30.3 Å². The summed E-state index contributed by atoms with van der Waals surface area (Å²) in [4.78, 5) is 27.0. The number of hydrogen-bond donors (Lipinski definition) is 3. The Hall–Kier alpha value is -1.14. The number of likely N-dealkylation sites (tertiary alicyclic amines) is 1. The first-order chi connectivity index (χ1) is 13.2. The van der Waals surface area contributed by atoms with E-state index in [2.05, 4.69) is 15.5 Å². The van der Waals surface area contributed by atoms with Crippen LogP contribution in [0.15, 0.2) is 0 Å². The fourth-order valence-corrected chi connectivity index (χ4v) is 5.40. The Kier molecular flexibility index (Phi) is 7.02. The average Bonchev–Trinajstić information content (AvgIpc) is 2.59. The summed E-state index contributed by atoms with van der Waals surface area (Å²) in [6.45, 7) is 9.13. The number of amides is 2. The third kappa shape index (κ3) is 5.93. The van der Waals surface area contributed by atoms with Gasteiger partial charge in [-0.15, -0.1) is 0 Å². The molecule has 2 saturated carbocycles. The van der Waals surface area contributed by atoms with Gasteiger partial charge in [-0.3, -0.25) is 14.5 Å². The highest BCUT2D eigenvalue weighted by Crippen LogP contribution is 2.41. The van der Waals surface area contributed by atoms with Crippen LogP contribution in [0, 0.1) is 23.7 Å². The molecule has 6 nitrogen and oxygen atoms in total. The van der Waals surface area contributed by atoms with E-state index in [4.69, 9.17) is 5.73 Å². The third-order valence-corrected chi connectivity index (χ3v) is 6.94. The van der Waals surface area contributed by atoms with E-state index in [-0.39, 0.29) is 23.3 Å². The molecule has 3 rings (SSSR count). The summed E-state index contributed by atoms with van der Waals surface area (Å²) < 4.78 is 0. The third-order valence-electron chi connectivity index (χ3n) is 6.94. The van der Waals surface area contributed by atoms with Gasteiger partial charge in [-0.25, -0.2) is 0 Å². The molecule has 0 aromatic rings. The molecule has 0 aromatic heterocycles. The lowest BCUT2D eigenvalue weighted by atomic mass is 9.65. The molecule has 1 saturated heterocycles. The largest absolute Gasteiger partial charge is 0.356 e. The van der Waals surface area contributed by atoms with Crippen LogP contribution < -0.4 is 16.4 Å². The number of piperidine rings is 1. The molecular weight excluding hydrogens is 352 g/mol. The summed E-state index contributed by atoms with van der Waals surface area (Å²) in [6.07, 6.45) is 7.72. The van der Waals surface area contributed by atoms with Crippen LogP contribution in [-0.4, -0.2) is 54.5 Å². The minimum atomic E-state index is -0.179. The zero-order valence-electron chi connectivity index (χ0n) is 18.0. The monoisotopic (exact) mass is 392 g/mol. The Labute approximate surface area is 170 Å². The zero-order valence-corrected chi connectivity index (χ0v) is 18.0. The summed E-state index contributed by atoms with van der Waals surface area (Å²) in [7, 11) is 0. The van der Waals surface area contributed by atoms with Gasteiger partial charge >= 0.3 is 0 Å². The van der Waals surface area contributed by atoms with Gasteiger partial charge in [-0.2, -0.15) is 0 Å². The first kappa shape index (κ1) is 21.6. The van der Waals surface area contributed by atoms with Crippen LogP contribution in [0.4, 0.5) is 0 Å². The predicted molar refractivity (Wildman–Crippen MR) is 112 cm³/mol. The van der Waals surface area contributed by atoms with Crippen molar-refractivity contribution in [3.63, 3.8) is 0 Å². The molecule has 1 aliphatic heterocycles. The topological polar surface area (TPSA) is 87.5 Å². The van der Waals surface area contributed by atoms with Gasteiger partial charge in [-0.05, 0) is 90.1 Å². The van der Waals surface area contributed by atoms with Crippen LogP contribution in [0.3, 0.4) is 0 Å². The molecule has 28 heavy (non-hydrogen) atoms. The van der Waals surface area contributed by atoms with E-state index in [0.717, 1.165) is 45.3 Å². The SMILES string of the molecule is CC(C)(C)NC(=O)CN1CCC(CNC(=O)C2CC3CCCC(C2)C3N)CC1. The minimum absolute atomic E-state index is 0.0975. The second-order valence-electron chi connectivity index (χ2n) is 10.5. The minimum Gasteiger partial charge on any atom is -0.356 e. The second-order valence-corrected chi connectivity index (χ2v) is 10.5. The fourth-order valence-electron chi connectivity index (χ4n) is 5.40. The molecule has 3 fully saturated rings. The normalized spacial score (nSPS) is 32.0. The molecule has 0 spiro atoms. The molecule has 3 aliphatic rings. The molecule has 6 heteroatoms. The van der Waals surface area contributed by atoms with Crippen molar-refractivity contribution in [2.75, 3.05) is 26.2 Å². The van der Waals surface area contributed by atoms with Crippen LogP contribution in [0.2, 0.25) is 0 Å². The molecule has 0 aromatic carbocycles. The molecule has 0 radical (unpaired) electrons. The summed E-state index contributed by atoms with van der Waals surface area (Å²) in [5.74, 6) is 2.13. The molecule has 1 heterocycles. The Morgan fingerprint density at radius 2 is 1.64 bits per heavy atom. The van der Waals surface area contributed by atoms with E-state index in [1.54, 1.807) is 0 Å². The van der Waals surface area contributed by atoms with Crippen LogP contribution in [0.1, 0.15) is 65.7 Å². The Morgan fingerprint density at radius 3 is 2.21 bits per heavy atom. The van der Waals surface area contributed by atoms with Gasteiger partial charge in [-0.1, -0.05) is 6.42 Å². The van der Waals surface area contributed by atoms with Crippen molar-refractivity contribution in [3.05, 3.63) is 0 Å². The van der Waals surface area contributed by atoms with E-state index in [1.807, 2.05) is 20.8 Å². The summed E-state index contributed by atoms with van der Waals surface area (Å²) >= 11 is 0. The quantitative estimate of drug-likeness (QED) is 0.667. The molecule has 160 valence electrons. The van der Waals surface area contributed by atoms with Crippen LogP contribution in [0.25, 0.3) is 0 Å². The smallest absolute Gasteiger partial charge is 0.234 e. The highest BCUT2D eigenvalue weighted by molar-refractivity contribution is 5.79. The van der Waals surface area contributed by atoms with Crippen molar-refractivity contribution in [2.45, 2.75) is 77.3 Å². The molecular formula is C22H40N4O2. The summed E-state index contributed by atoms with van der Waals surface area (Å²) in [5, 5.41) is 6.26. The van der Waals surface area contributed by atoms with Crippen molar-refractivity contribution >= 4 is 11.8 Å². The number of carbonyl (C=O) groups excluding carboxylic acids is 2. The highest BCUT2D eigenvalue weighted by Gasteiger charge is 2.40. The van der Waals surface area contributed by atoms with E-state index >= 15 is 0 Å². The van der Waals surface area contributed by atoms with Gasteiger partial charge in [0.1, 0.15) is 0 Å². The van der Waals surface area contributed by atoms with E-state index in [1.165, 1.54) is 19.3 Å². The van der Waals surface area contributed by atoms with E-state index < -0.39 is 0 Å². The number of hydrogen-bond acceptors (Lipinski definition) is 4. The Balaban J connectivity index is 1.35. The summed E-state index contributed by atoms with van der Waals surface area (Å²) in [6, 6.07) is 0.317. The lowest BCUT2D eigenvalue weighted by molar-refractivity contribution is -0.128. The maximum absolute atomic E-state index is 12.7. The van der Waals surface area contributed by atoms with Crippen LogP contribution >= 0.6 is 0 Å². The second kappa shape index (κ2) is 9.12. The van der Waals surface area contributed by atoms with Crippen molar-refractivity contribution in [1.29, 1.82) is 0 Å². The molecule has 2 atom stereocenters. The predicted octanol–water partition coefficient (Wildman–Crippen LogP) is 1.88. The Morgan fingerprint density at radius 1 is 1.04 bits per heavy atom. The summed E-state index contributed by atoms with van der Waals surface area (Å²) in [5.41, 5.74) is 6.17. The van der Waals surface area contributed by atoms with Gasteiger partial charge in [0.2, 0.25) is 11.8 Å². The fraction of sp³-hybridized carbons (Fsp3) is 0.909. The van der Waals surface area contributed by atoms with Crippen molar-refractivity contribution in [3.8, 4) is 0 Å². The van der Waals surface area contributed by atoms with Crippen LogP contribution in [0.5, 0.6) is 0 Å². The van der Waals surface area contributed by atoms with Crippen molar-refractivity contribution in [2.24, 2.45) is 29.4 Å².